The quantitative estimate of drug-likeness (QED) is 0.669. The van der Waals surface area contributed by atoms with Gasteiger partial charge in [0.1, 0.15) is 0 Å². The standard InChI is InChI=1S/C21H24ClN3O3S/c1-12-20(29-13(2)23-12)18(26)16-17(14-7-5-8-15(22)11-14)25(21(28)19(16)27)10-6-9-24(3)4/h5,7-8,11,17,27H,6,9-10H2,1-4H3/t17-/m1/s1. The van der Waals surface area contributed by atoms with Gasteiger partial charge in [0, 0.05) is 11.6 Å². The molecule has 1 aromatic heterocycles. The molecule has 0 radical (unpaired) electrons. The Kier molecular flexibility index (Phi) is 6.41. The summed E-state index contributed by atoms with van der Waals surface area (Å²) in [7, 11) is 3.92. The van der Waals surface area contributed by atoms with Gasteiger partial charge >= 0.3 is 0 Å². The van der Waals surface area contributed by atoms with Gasteiger partial charge in [-0.3, -0.25) is 9.59 Å². The molecule has 2 aromatic rings. The fourth-order valence-electron chi connectivity index (χ4n) is 3.56. The van der Waals surface area contributed by atoms with Crippen molar-refractivity contribution in [2.75, 3.05) is 27.2 Å². The summed E-state index contributed by atoms with van der Waals surface area (Å²) in [6.07, 6.45) is 0.712. The van der Waals surface area contributed by atoms with Gasteiger partial charge in [-0.1, -0.05) is 23.7 Å². The third-order valence-corrected chi connectivity index (χ3v) is 6.13. The first-order valence-electron chi connectivity index (χ1n) is 9.33. The van der Waals surface area contributed by atoms with Crippen molar-refractivity contribution in [2.45, 2.75) is 26.3 Å². The van der Waals surface area contributed by atoms with Gasteiger partial charge in [0.15, 0.2) is 5.76 Å². The number of aliphatic hydroxyl groups excluding tert-OH is 1. The molecule has 0 saturated carbocycles. The topological polar surface area (TPSA) is 73.7 Å². The van der Waals surface area contributed by atoms with E-state index in [2.05, 4.69) is 4.98 Å². The van der Waals surface area contributed by atoms with Gasteiger partial charge < -0.3 is 14.9 Å². The molecule has 0 spiro atoms. The van der Waals surface area contributed by atoms with Gasteiger partial charge in [0.05, 0.1) is 27.2 Å². The van der Waals surface area contributed by atoms with Crippen molar-refractivity contribution in [1.82, 2.24) is 14.8 Å². The van der Waals surface area contributed by atoms with Gasteiger partial charge in [-0.15, -0.1) is 11.3 Å². The maximum absolute atomic E-state index is 13.4. The largest absolute Gasteiger partial charge is 0.503 e. The van der Waals surface area contributed by atoms with Gasteiger partial charge in [-0.05, 0) is 58.6 Å². The van der Waals surface area contributed by atoms with Crippen LogP contribution in [0.25, 0.3) is 0 Å². The maximum atomic E-state index is 13.4. The van der Waals surface area contributed by atoms with E-state index in [-0.39, 0.29) is 11.4 Å². The van der Waals surface area contributed by atoms with Gasteiger partial charge in [-0.2, -0.15) is 0 Å². The van der Waals surface area contributed by atoms with Crippen LogP contribution in [-0.4, -0.2) is 58.8 Å². The Morgan fingerprint density at radius 2 is 2.07 bits per heavy atom. The summed E-state index contributed by atoms with van der Waals surface area (Å²) < 4.78 is 0. The number of aliphatic hydroxyl groups is 1. The summed E-state index contributed by atoms with van der Waals surface area (Å²) >= 11 is 7.45. The predicted octanol–water partition coefficient (Wildman–Crippen LogP) is 3.94. The summed E-state index contributed by atoms with van der Waals surface area (Å²) in [5, 5.41) is 11.9. The van der Waals surface area contributed by atoms with Crippen LogP contribution in [0.1, 0.15) is 38.4 Å². The maximum Gasteiger partial charge on any atom is 0.290 e. The molecule has 0 fully saturated rings. The molecule has 1 amide bonds. The number of aromatic nitrogens is 1. The monoisotopic (exact) mass is 433 g/mol. The second-order valence-corrected chi connectivity index (χ2v) is 8.99. The number of nitrogens with zero attached hydrogens (tertiary/aromatic N) is 3. The number of hydrogen-bond acceptors (Lipinski definition) is 6. The number of benzene rings is 1. The summed E-state index contributed by atoms with van der Waals surface area (Å²) in [5.74, 6) is -1.38. The molecule has 154 valence electrons. The van der Waals surface area contributed by atoms with Crippen LogP contribution in [0.4, 0.5) is 0 Å². The smallest absolute Gasteiger partial charge is 0.290 e. The Labute approximate surface area is 179 Å². The summed E-state index contributed by atoms with van der Waals surface area (Å²) in [6, 6.07) is 6.38. The average molecular weight is 434 g/mol. The number of aryl methyl sites for hydroxylation is 2. The molecule has 0 bridgehead atoms. The molecule has 1 N–H and O–H groups in total. The molecule has 0 unspecified atom stereocenters. The van der Waals surface area contributed by atoms with E-state index in [9.17, 15) is 14.7 Å². The number of hydrogen-bond donors (Lipinski definition) is 1. The highest BCUT2D eigenvalue weighted by molar-refractivity contribution is 7.14. The van der Waals surface area contributed by atoms with Crippen LogP contribution in [0, 0.1) is 13.8 Å². The number of halogens is 1. The number of carbonyl (C=O) groups excluding carboxylic acids is 2. The SMILES string of the molecule is Cc1nc(C)c(C(=O)C2=C(O)C(=O)N(CCCN(C)C)[C@@H]2c2cccc(Cl)c2)s1. The lowest BCUT2D eigenvalue weighted by Gasteiger charge is -2.27. The van der Waals surface area contributed by atoms with Crippen LogP contribution in [0.15, 0.2) is 35.6 Å². The highest BCUT2D eigenvalue weighted by atomic mass is 35.5. The molecule has 29 heavy (non-hydrogen) atoms. The van der Waals surface area contributed by atoms with E-state index in [4.69, 9.17) is 11.6 Å². The number of amides is 1. The Bertz CT molecular complexity index is 983. The third-order valence-electron chi connectivity index (χ3n) is 4.83. The first-order chi connectivity index (χ1) is 13.7. The third kappa shape index (κ3) is 4.37. The van der Waals surface area contributed by atoms with Crippen LogP contribution < -0.4 is 0 Å². The Morgan fingerprint density at radius 3 is 2.66 bits per heavy atom. The number of Topliss-reactive ketones (excluding diaryl/α,β-unsaturated/α-hetero) is 1. The molecule has 1 atom stereocenters. The first-order valence-corrected chi connectivity index (χ1v) is 10.5. The highest BCUT2D eigenvalue weighted by Crippen LogP contribution is 2.40. The van der Waals surface area contributed by atoms with Crippen molar-refractivity contribution in [2.24, 2.45) is 0 Å². The van der Waals surface area contributed by atoms with Crippen molar-refractivity contribution in [1.29, 1.82) is 0 Å². The van der Waals surface area contributed by atoms with E-state index in [1.807, 2.05) is 32.0 Å². The highest BCUT2D eigenvalue weighted by Gasteiger charge is 2.44. The minimum Gasteiger partial charge on any atom is -0.503 e. The van der Waals surface area contributed by atoms with E-state index < -0.39 is 17.7 Å². The molecule has 3 rings (SSSR count). The number of carbonyl (C=O) groups is 2. The lowest BCUT2D eigenvalue weighted by molar-refractivity contribution is -0.129. The molecule has 2 heterocycles. The normalized spacial score (nSPS) is 17.0. The summed E-state index contributed by atoms with van der Waals surface area (Å²) in [5.41, 5.74) is 1.39. The molecule has 1 aliphatic heterocycles. The minimum absolute atomic E-state index is 0.0915. The number of thiazole rings is 1. The van der Waals surface area contributed by atoms with Crippen molar-refractivity contribution in [3.05, 3.63) is 61.8 Å². The van der Waals surface area contributed by atoms with E-state index >= 15 is 0 Å². The average Bonchev–Trinajstić information content (AvgIpc) is 3.11. The Hall–Kier alpha value is -2.22. The van der Waals surface area contributed by atoms with Crippen molar-refractivity contribution in [3.8, 4) is 0 Å². The van der Waals surface area contributed by atoms with Gasteiger partial charge in [0.2, 0.25) is 5.78 Å². The lowest BCUT2D eigenvalue weighted by atomic mass is 9.95. The molecular weight excluding hydrogens is 410 g/mol. The number of ketones is 1. The van der Waals surface area contributed by atoms with Crippen LogP contribution >= 0.6 is 22.9 Å². The summed E-state index contributed by atoms with van der Waals surface area (Å²) in [6.45, 7) is 4.78. The predicted molar refractivity (Wildman–Crippen MR) is 115 cm³/mol. The zero-order chi connectivity index (χ0) is 21.3. The molecule has 8 heteroatoms. The van der Waals surface area contributed by atoms with Crippen LogP contribution in [0.5, 0.6) is 0 Å². The fraction of sp³-hybridized carbons (Fsp3) is 0.381. The summed E-state index contributed by atoms with van der Waals surface area (Å²) in [4.78, 5) is 34.6. The van der Waals surface area contributed by atoms with Crippen molar-refractivity contribution >= 4 is 34.6 Å². The first kappa shape index (κ1) is 21.5. The molecular formula is C21H24ClN3O3S. The molecule has 0 saturated heterocycles. The lowest BCUT2D eigenvalue weighted by Crippen LogP contribution is -2.33. The van der Waals surface area contributed by atoms with Crippen LogP contribution in [0.3, 0.4) is 0 Å². The van der Waals surface area contributed by atoms with Crippen molar-refractivity contribution < 1.29 is 14.7 Å². The second-order valence-electron chi connectivity index (χ2n) is 7.35. The Balaban J connectivity index is 2.05. The zero-order valence-corrected chi connectivity index (χ0v) is 18.5. The fourth-order valence-corrected chi connectivity index (χ4v) is 4.63. The molecule has 0 aliphatic carbocycles. The van der Waals surface area contributed by atoms with Crippen molar-refractivity contribution in [3.63, 3.8) is 0 Å². The molecule has 1 aromatic carbocycles. The van der Waals surface area contributed by atoms with Crippen LogP contribution in [-0.2, 0) is 4.79 Å². The van der Waals surface area contributed by atoms with Gasteiger partial charge in [0.25, 0.3) is 5.91 Å². The minimum atomic E-state index is -0.683. The molecule has 6 nitrogen and oxygen atoms in total. The Morgan fingerprint density at radius 1 is 1.34 bits per heavy atom. The number of rotatable bonds is 7. The van der Waals surface area contributed by atoms with Crippen LogP contribution in [0.2, 0.25) is 5.02 Å². The van der Waals surface area contributed by atoms with E-state index in [0.717, 1.165) is 11.6 Å². The van der Waals surface area contributed by atoms with Gasteiger partial charge in [-0.25, -0.2) is 4.98 Å². The van der Waals surface area contributed by atoms with E-state index in [1.54, 1.807) is 30.0 Å². The van der Waals surface area contributed by atoms with E-state index in [1.165, 1.54) is 11.3 Å². The van der Waals surface area contributed by atoms with E-state index in [0.29, 0.717) is 34.1 Å². The second kappa shape index (κ2) is 8.65. The zero-order valence-electron chi connectivity index (χ0n) is 16.9. The molecule has 1 aliphatic rings.